The lowest BCUT2D eigenvalue weighted by Gasteiger charge is -2.24. The third-order valence-corrected chi connectivity index (χ3v) is 3.98. The number of carbonyl (C=O) groups is 1. The highest BCUT2D eigenvalue weighted by Gasteiger charge is 2.18. The first-order chi connectivity index (χ1) is 11.5. The van der Waals surface area contributed by atoms with Gasteiger partial charge in [-0.2, -0.15) is 0 Å². The Bertz CT molecular complexity index is 667. The Hall–Kier alpha value is -2.34. The third-order valence-electron chi connectivity index (χ3n) is 3.98. The van der Waals surface area contributed by atoms with Crippen LogP contribution >= 0.6 is 0 Å². The van der Waals surface area contributed by atoms with Gasteiger partial charge in [-0.25, -0.2) is 4.98 Å². The number of aromatic amines is 1. The van der Waals surface area contributed by atoms with E-state index in [1.165, 1.54) is 0 Å². The number of aryl methyl sites for hydroxylation is 1. The molecule has 0 saturated carbocycles. The summed E-state index contributed by atoms with van der Waals surface area (Å²) in [5.41, 5.74) is 2.80. The van der Waals surface area contributed by atoms with Gasteiger partial charge in [0.2, 0.25) is 5.91 Å². The molecule has 0 aliphatic rings. The number of hydrogen-bond acceptors (Lipinski definition) is 4. The molecule has 0 spiro atoms. The highest BCUT2D eigenvalue weighted by molar-refractivity contribution is 5.79. The standard InChI is InChI=1S/C18H26N4O2/c1-14-16(20-13-19-14)12-22(10-9-21(2)3)18(23)11-15-7-5-6-8-17(15)24-4/h5-8,13H,9-12H2,1-4H3,(H,19,20). The summed E-state index contributed by atoms with van der Waals surface area (Å²) in [6.07, 6.45) is 1.99. The van der Waals surface area contributed by atoms with Gasteiger partial charge in [-0.3, -0.25) is 4.79 Å². The average molecular weight is 330 g/mol. The summed E-state index contributed by atoms with van der Waals surface area (Å²) in [5, 5.41) is 0. The minimum Gasteiger partial charge on any atom is -0.496 e. The lowest BCUT2D eigenvalue weighted by Crippen LogP contribution is -2.37. The van der Waals surface area contributed by atoms with Crippen LogP contribution in [0.15, 0.2) is 30.6 Å². The molecule has 2 rings (SSSR count). The molecule has 0 saturated heterocycles. The minimum atomic E-state index is 0.0729. The molecule has 0 unspecified atom stereocenters. The molecule has 0 radical (unpaired) electrons. The van der Waals surface area contributed by atoms with E-state index in [0.29, 0.717) is 19.5 Å². The monoisotopic (exact) mass is 330 g/mol. The highest BCUT2D eigenvalue weighted by Crippen LogP contribution is 2.19. The van der Waals surface area contributed by atoms with Crippen LogP contribution in [0.2, 0.25) is 0 Å². The van der Waals surface area contributed by atoms with Gasteiger partial charge in [0.25, 0.3) is 0 Å². The first-order valence-electron chi connectivity index (χ1n) is 8.04. The molecule has 1 heterocycles. The zero-order valence-corrected chi connectivity index (χ0v) is 14.9. The van der Waals surface area contributed by atoms with Crippen molar-refractivity contribution in [2.75, 3.05) is 34.3 Å². The number of rotatable bonds is 8. The van der Waals surface area contributed by atoms with Crippen LogP contribution in [0.3, 0.4) is 0 Å². The van der Waals surface area contributed by atoms with E-state index in [2.05, 4.69) is 14.9 Å². The predicted octanol–water partition coefficient (Wildman–Crippen LogP) is 1.86. The van der Waals surface area contributed by atoms with E-state index >= 15 is 0 Å². The van der Waals surface area contributed by atoms with Crippen molar-refractivity contribution in [2.45, 2.75) is 19.9 Å². The Morgan fingerprint density at radius 3 is 2.62 bits per heavy atom. The molecule has 6 heteroatoms. The van der Waals surface area contributed by atoms with Crippen LogP contribution in [0.4, 0.5) is 0 Å². The van der Waals surface area contributed by atoms with Gasteiger partial charge in [-0.15, -0.1) is 0 Å². The Labute approximate surface area is 143 Å². The number of aromatic nitrogens is 2. The molecular formula is C18H26N4O2. The number of amides is 1. The molecule has 0 aliphatic heterocycles. The molecule has 0 fully saturated rings. The number of benzene rings is 1. The van der Waals surface area contributed by atoms with Gasteiger partial charge < -0.3 is 19.5 Å². The molecule has 24 heavy (non-hydrogen) atoms. The molecule has 2 aromatic rings. The number of methoxy groups -OCH3 is 1. The molecule has 6 nitrogen and oxygen atoms in total. The van der Waals surface area contributed by atoms with Crippen LogP contribution in [0, 0.1) is 6.92 Å². The third kappa shape index (κ3) is 4.83. The van der Waals surface area contributed by atoms with Crippen LogP contribution in [0.25, 0.3) is 0 Å². The van der Waals surface area contributed by atoms with Gasteiger partial charge in [0, 0.05) is 24.3 Å². The Morgan fingerprint density at radius 2 is 2.00 bits per heavy atom. The topological polar surface area (TPSA) is 61.5 Å². The Balaban J connectivity index is 2.12. The minimum absolute atomic E-state index is 0.0729. The number of nitrogens with one attached hydrogen (secondary N) is 1. The highest BCUT2D eigenvalue weighted by atomic mass is 16.5. The number of H-pyrrole nitrogens is 1. The Morgan fingerprint density at radius 1 is 1.25 bits per heavy atom. The van der Waals surface area contributed by atoms with Crippen LogP contribution in [0.1, 0.15) is 17.0 Å². The lowest BCUT2D eigenvalue weighted by molar-refractivity contribution is -0.131. The normalized spacial score (nSPS) is 10.9. The van der Waals surface area contributed by atoms with E-state index in [0.717, 1.165) is 29.2 Å². The Kier molecular flexibility index (Phi) is 6.37. The van der Waals surface area contributed by atoms with E-state index < -0.39 is 0 Å². The van der Waals surface area contributed by atoms with Crippen molar-refractivity contribution < 1.29 is 9.53 Å². The van der Waals surface area contributed by atoms with Crippen LogP contribution in [0.5, 0.6) is 5.75 Å². The molecular weight excluding hydrogens is 304 g/mol. The lowest BCUT2D eigenvalue weighted by atomic mass is 10.1. The van der Waals surface area contributed by atoms with Crippen molar-refractivity contribution in [3.63, 3.8) is 0 Å². The van der Waals surface area contributed by atoms with E-state index in [9.17, 15) is 4.79 Å². The molecule has 1 amide bonds. The quantitative estimate of drug-likeness (QED) is 0.802. The van der Waals surface area contributed by atoms with E-state index in [4.69, 9.17) is 4.74 Å². The molecule has 130 valence electrons. The molecule has 1 aromatic heterocycles. The summed E-state index contributed by atoms with van der Waals surface area (Å²) in [7, 11) is 5.63. The number of nitrogens with zero attached hydrogens (tertiary/aromatic N) is 3. The second kappa shape index (κ2) is 8.49. The first-order valence-corrected chi connectivity index (χ1v) is 8.04. The zero-order valence-electron chi connectivity index (χ0n) is 14.9. The van der Waals surface area contributed by atoms with Crippen molar-refractivity contribution in [1.29, 1.82) is 0 Å². The molecule has 1 N–H and O–H groups in total. The van der Waals surface area contributed by atoms with Crippen LogP contribution < -0.4 is 4.74 Å². The number of carbonyl (C=O) groups excluding carboxylic acids is 1. The van der Waals surface area contributed by atoms with Crippen molar-refractivity contribution in [2.24, 2.45) is 0 Å². The van der Waals surface area contributed by atoms with E-state index in [1.807, 2.05) is 50.2 Å². The average Bonchev–Trinajstić information content (AvgIpc) is 2.96. The molecule has 0 aliphatic carbocycles. The van der Waals surface area contributed by atoms with Crippen molar-refractivity contribution in [3.8, 4) is 5.75 Å². The molecule has 0 atom stereocenters. The molecule has 1 aromatic carbocycles. The number of para-hydroxylation sites is 1. The van der Waals surface area contributed by atoms with Gasteiger partial charge in [0.05, 0.1) is 32.1 Å². The summed E-state index contributed by atoms with van der Waals surface area (Å²) in [5.74, 6) is 0.818. The number of likely N-dealkylation sites (N-methyl/N-ethyl adjacent to an activating group) is 1. The zero-order chi connectivity index (χ0) is 17.5. The van der Waals surface area contributed by atoms with Crippen molar-refractivity contribution >= 4 is 5.91 Å². The molecule has 0 bridgehead atoms. The van der Waals surface area contributed by atoms with Gasteiger partial charge in [0.15, 0.2) is 0 Å². The largest absolute Gasteiger partial charge is 0.496 e. The first kappa shape index (κ1) is 18.0. The number of ether oxygens (including phenoxy) is 1. The van der Waals surface area contributed by atoms with Crippen LogP contribution in [-0.2, 0) is 17.8 Å². The van der Waals surface area contributed by atoms with E-state index in [1.54, 1.807) is 13.4 Å². The van der Waals surface area contributed by atoms with Crippen molar-refractivity contribution in [1.82, 2.24) is 19.8 Å². The summed E-state index contributed by atoms with van der Waals surface area (Å²) in [6, 6.07) is 7.64. The number of hydrogen-bond donors (Lipinski definition) is 1. The van der Waals surface area contributed by atoms with Gasteiger partial charge in [-0.05, 0) is 27.1 Å². The maximum absolute atomic E-state index is 12.8. The fourth-order valence-electron chi connectivity index (χ4n) is 2.46. The SMILES string of the molecule is COc1ccccc1CC(=O)N(CCN(C)C)Cc1nc[nH]c1C. The predicted molar refractivity (Wildman–Crippen MR) is 94.0 cm³/mol. The van der Waals surface area contributed by atoms with Crippen LogP contribution in [-0.4, -0.2) is 60.0 Å². The summed E-state index contributed by atoms with van der Waals surface area (Å²) in [6.45, 7) is 3.95. The maximum Gasteiger partial charge on any atom is 0.227 e. The second-order valence-electron chi connectivity index (χ2n) is 6.08. The second-order valence-corrected chi connectivity index (χ2v) is 6.08. The van der Waals surface area contributed by atoms with Gasteiger partial charge >= 0.3 is 0 Å². The smallest absolute Gasteiger partial charge is 0.227 e. The van der Waals surface area contributed by atoms with Gasteiger partial charge in [-0.1, -0.05) is 18.2 Å². The summed E-state index contributed by atoms with van der Waals surface area (Å²) >= 11 is 0. The van der Waals surface area contributed by atoms with Gasteiger partial charge in [0.1, 0.15) is 5.75 Å². The maximum atomic E-state index is 12.8. The number of imidazole rings is 1. The fraction of sp³-hybridized carbons (Fsp3) is 0.444. The summed E-state index contributed by atoms with van der Waals surface area (Å²) in [4.78, 5) is 24.2. The van der Waals surface area contributed by atoms with Crippen molar-refractivity contribution in [3.05, 3.63) is 47.5 Å². The fourth-order valence-corrected chi connectivity index (χ4v) is 2.46. The van der Waals surface area contributed by atoms with E-state index in [-0.39, 0.29) is 5.91 Å². The summed E-state index contributed by atoms with van der Waals surface area (Å²) < 4.78 is 5.35.